The average molecular weight is 331 g/mol. The molecule has 2 aromatic rings. The normalized spacial score (nSPS) is 10.8. The van der Waals surface area contributed by atoms with Gasteiger partial charge in [-0.25, -0.2) is 4.79 Å². The number of carboxylic acids is 1. The molecule has 0 saturated heterocycles. The lowest BCUT2D eigenvalue weighted by atomic mass is 10.2. The zero-order chi connectivity index (χ0) is 14.9. The lowest BCUT2D eigenvalue weighted by Crippen LogP contribution is -1.97. The average Bonchev–Trinajstić information content (AvgIpc) is 2.62. The molecule has 0 spiro atoms. The van der Waals surface area contributed by atoms with E-state index < -0.39 is 5.97 Å². The van der Waals surface area contributed by atoms with Gasteiger partial charge in [0, 0.05) is 23.3 Å². The summed E-state index contributed by atoms with van der Waals surface area (Å²) < 4.78 is 1.62. The summed E-state index contributed by atoms with van der Waals surface area (Å²) in [6.45, 7) is 1.90. The zero-order valence-electron chi connectivity index (χ0n) is 10.9. The van der Waals surface area contributed by atoms with E-state index in [0.29, 0.717) is 10.9 Å². The number of benzene rings is 1. The van der Waals surface area contributed by atoms with E-state index in [-0.39, 0.29) is 10.6 Å². The molecule has 106 valence electrons. The number of carboxylic acid groups (broad SMARTS) is 1. The molecule has 0 amide bonds. The molecule has 2 rings (SSSR count). The van der Waals surface area contributed by atoms with Crippen LogP contribution in [0.25, 0.3) is 0 Å². The topological polar surface area (TPSA) is 55.1 Å². The van der Waals surface area contributed by atoms with E-state index in [4.69, 9.17) is 28.3 Å². The summed E-state index contributed by atoms with van der Waals surface area (Å²) in [6.07, 6.45) is 0. The number of thioether (sulfide) groups is 1. The van der Waals surface area contributed by atoms with Gasteiger partial charge in [-0.1, -0.05) is 23.2 Å². The van der Waals surface area contributed by atoms with Crippen LogP contribution in [-0.4, -0.2) is 20.9 Å². The fourth-order valence-electron chi connectivity index (χ4n) is 1.75. The molecule has 1 aromatic heterocycles. The summed E-state index contributed by atoms with van der Waals surface area (Å²) in [5.74, 6) is -0.410. The summed E-state index contributed by atoms with van der Waals surface area (Å²) in [7, 11) is 1.79. The maximum absolute atomic E-state index is 11.0. The Morgan fingerprint density at radius 1 is 1.45 bits per heavy atom. The number of hydrogen-bond acceptors (Lipinski definition) is 3. The fourth-order valence-corrected chi connectivity index (χ4v) is 3.29. The predicted octanol–water partition coefficient (Wildman–Crippen LogP) is 4.03. The van der Waals surface area contributed by atoms with E-state index in [2.05, 4.69) is 5.10 Å². The third-order valence-corrected chi connectivity index (χ3v) is 4.64. The highest BCUT2D eigenvalue weighted by Crippen LogP contribution is 2.30. The van der Waals surface area contributed by atoms with Gasteiger partial charge in [0.15, 0.2) is 0 Å². The highest BCUT2D eigenvalue weighted by atomic mass is 35.5. The van der Waals surface area contributed by atoms with Crippen molar-refractivity contribution < 1.29 is 9.90 Å². The second kappa shape index (κ2) is 6.08. The van der Waals surface area contributed by atoms with Crippen LogP contribution in [0.5, 0.6) is 0 Å². The van der Waals surface area contributed by atoms with E-state index in [1.807, 2.05) is 6.92 Å². The first-order chi connectivity index (χ1) is 9.40. The molecule has 1 heterocycles. The Bertz CT molecular complexity index is 671. The molecule has 0 atom stereocenters. The molecular weight excluding hydrogens is 319 g/mol. The first-order valence-electron chi connectivity index (χ1n) is 5.73. The minimum atomic E-state index is -1.03. The predicted molar refractivity (Wildman–Crippen MR) is 80.9 cm³/mol. The number of carbonyl (C=O) groups is 1. The monoisotopic (exact) mass is 330 g/mol. The second-order valence-electron chi connectivity index (χ2n) is 4.21. The van der Waals surface area contributed by atoms with Crippen LogP contribution in [0.4, 0.5) is 0 Å². The molecule has 1 N–H and O–H groups in total. The molecular formula is C13H12Cl2N2O2S. The molecule has 0 radical (unpaired) electrons. The van der Waals surface area contributed by atoms with E-state index in [1.54, 1.807) is 29.9 Å². The minimum Gasteiger partial charge on any atom is -0.478 e. The third-order valence-electron chi connectivity index (χ3n) is 2.82. The van der Waals surface area contributed by atoms with Crippen molar-refractivity contribution in [1.82, 2.24) is 9.78 Å². The van der Waals surface area contributed by atoms with Crippen molar-refractivity contribution >= 4 is 40.9 Å². The number of rotatable bonds is 4. The summed E-state index contributed by atoms with van der Waals surface area (Å²) in [6, 6.07) is 4.94. The van der Waals surface area contributed by atoms with Crippen LogP contribution < -0.4 is 0 Å². The maximum Gasteiger partial charge on any atom is 0.337 e. The Labute approximate surface area is 130 Å². The SMILES string of the molecule is Cc1nn(C)c(Cl)c1CSc1ccc(Cl)c(C(=O)O)c1. The third kappa shape index (κ3) is 3.11. The fraction of sp³-hybridized carbons (Fsp3) is 0.231. The zero-order valence-corrected chi connectivity index (χ0v) is 13.2. The summed E-state index contributed by atoms with van der Waals surface area (Å²) in [5.41, 5.74) is 1.93. The van der Waals surface area contributed by atoms with Crippen LogP contribution >= 0.6 is 35.0 Å². The molecule has 0 aliphatic rings. The van der Waals surface area contributed by atoms with Crippen LogP contribution in [0.3, 0.4) is 0 Å². The minimum absolute atomic E-state index is 0.102. The van der Waals surface area contributed by atoms with Gasteiger partial charge in [0.25, 0.3) is 0 Å². The molecule has 20 heavy (non-hydrogen) atoms. The Hall–Kier alpha value is -1.17. The Balaban J connectivity index is 2.19. The van der Waals surface area contributed by atoms with Gasteiger partial charge in [-0.15, -0.1) is 11.8 Å². The number of nitrogens with zero attached hydrogens (tertiary/aromatic N) is 2. The van der Waals surface area contributed by atoms with Crippen molar-refractivity contribution in [1.29, 1.82) is 0 Å². The van der Waals surface area contributed by atoms with Gasteiger partial charge in [-0.2, -0.15) is 5.10 Å². The summed E-state index contributed by atoms with van der Waals surface area (Å²) in [4.78, 5) is 11.9. The molecule has 7 heteroatoms. The van der Waals surface area contributed by atoms with Crippen LogP contribution in [-0.2, 0) is 12.8 Å². The van der Waals surface area contributed by atoms with Crippen LogP contribution in [0, 0.1) is 6.92 Å². The van der Waals surface area contributed by atoms with Crippen LogP contribution in [0.15, 0.2) is 23.1 Å². The van der Waals surface area contributed by atoms with Gasteiger partial charge < -0.3 is 5.11 Å². The van der Waals surface area contributed by atoms with Crippen molar-refractivity contribution in [3.8, 4) is 0 Å². The Kier molecular flexibility index (Phi) is 4.62. The van der Waals surface area contributed by atoms with Crippen molar-refractivity contribution in [2.75, 3.05) is 0 Å². The van der Waals surface area contributed by atoms with Crippen molar-refractivity contribution in [2.45, 2.75) is 17.6 Å². The van der Waals surface area contributed by atoms with Gasteiger partial charge in [-0.3, -0.25) is 4.68 Å². The van der Waals surface area contributed by atoms with Crippen LogP contribution in [0.1, 0.15) is 21.6 Å². The van der Waals surface area contributed by atoms with E-state index in [0.717, 1.165) is 16.2 Å². The molecule has 0 fully saturated rings. The maximum atomic E-state index is 11.0. The van der Waals surface area contributed by atoms with Crippen LogP contribution in [0.2, 0.25) is 10.2 Å². The van der Waals surface area contributed by atoms with Gasteiger partial charge in [0.1, 0.15) is 5.15 Å². The number of aromatic carboxylic acids is 1. The largest absolute Gasteiger partial charge is 0.478 e. The van der Waals surface area contributed by atoms with Gasteiger partial charge in [-0.05, 0) is 25.1 Å². The number of hydrogen-bond donors (Lipinski definition) is 1. The van der Waals surface area contributed by atoms with Crippen molar-refractivity contribution in [3.05, 3.63) is 45.2 Å². The highest BCUT2D eigenvalue weighted by molar-refractivity contribution is 7.98. The Morgan fingerprint density at radius 2 is 2.15 bits per heavy atom. The molecule has 0 bridgehead atoms. The molecule has 4 nitrogen and oxygen atoms in total. The first kappa shape index (κ1) is 15.2. The number of aryl methyl sites for hydroxylation is 2. The van der Waals surface area contributed by atoms with E-state index in [9.17, 15) is 4.79 Å². The standard InChI is InChI=1S/C13H12Cl2N2O2S/c1-7-10(12(15)17(2)16-7)6-20-8-3-4-11(14)9(5-8)13(18)19/h3-5H,6H2,1-2H3,(H,18,19). The first-order valence-corrected chi connectivity index (χ1v) is 7.48. The molecule has 0 aliphatic heterocycles. The van der Waals surface area contributed by atoms with Gasteiger partial charge >= 0.3 is 5.97 Å². The molecule has 1 aromatic carbocycles. The smallest absolute Gasteiger partial charge is 0.337 e. The number of halogens is 2. The Morgan fingerprint density at radius 3 is 2.70 bits per heavy atom. The lowest BCUT2D eigenvalue weighted by Gasteiger charge is -2.05. The summed E-state index contributed by atoms with van der Waals surface area (Å²) in [5, 5.41) is 14.1. The molecule has 0 saturated carbocycles. The second-order valence-corrected chi connectivity index (χ2v) is 6.03. The quantitative estimate of drug-likeness (QED) is 0.860. The van der Waals surface area contributed by atoms with Gasteiger partial charge in [0.05, 0.1) is 16.3 Å². The molecule has 0 aliphatic carbocycles. The summed E-state index contributed by atoms with van der Waals surface area (Å²) >= 11 is 13.5. The van der Waals surface area contributed by atoms with Crippen molar-refractivity contribution in [2.24, 2.45) is 7.05 Å². The lowest BCUT2D eigenvalue weighted by molar-refractivity contribution is 0.0697. The van der Waals surface area contributed by atoms with E-state index >= 15 is 0 Å². The van der Waals surface area contributed by atoms with Gasteiger partial charge in [0.2, 0.25) is 0 Å². The molecule has 0 unspecified atom stereocenters. The number of aromatic nitrogens is 2. The van der Waals surface area contributed by atoms with E-state index in [1.165, 1.54) is 11.8 Å². The van der Waals surface area contributed by atoms with Crippen molar-refractivity contribution in [3.63, 3.8) is 0 Å². The highest BCUT2D eigenvalue weighted by Gasteiger charge is 2.13.